The maximum atomic E-state index is 14.0. The van der Waals surface area contributed by atoms with E-state index in [-0.39, 0.29) is 28.3 Å². The number of aliphatic hydroxyl groups is 1. The summed E-state index contributed by atoms with van der Waals surface area (Å²) in [5.74, 6) is 3.61. The molecule has 0 radical (unpaired) electrons. The number of rotatable bonds is 5. The first-order valence-corrected chi connectivity index (χ1v) is 14.1. The van der Waals surface area contributed by atoms with Gasteiger partial charge in [0.05, 0.1) is 6.10 Å². The summed E-state index contributed by atoms with van der Waals surface area (Å²) in [5.41, 5.74) is 0.978. The van der Waals surface area contributed by atoms with Crippen LogP contribution in [0.5, 0.6) is 0 Å². The predicted octanol–water partition coefficient (Wildman–Crippen LogP) is 7.43. The van der Waals surface area contributed by atoms with E-state index in [4.69, 9.17) is 0 Å². The average Bonchev–Trinajstić information content (AvgIpc) is 3.26. The lowest BCUT2D eigenvalue weighted by Gasteiger charge is -2.62. The first kappa shape index (κ1) is 23.4. The van der Waals surface area contributed by atoms with Crippen molar-refractivity contribution in [1.82, 2.24) is 0 Å². The smallest absolute Gasteiger partial charge is 0.137 e. The summed E-state index contributed by atoms with van der Waals surface area (Å²) >= 11 is 0. The van der Waals surface area contributed by atoms with E-state index in [1.54, 1.807) is 0 Å². The number of fused-ring (bicyclic) bond motifs is 2. The molecule has 0 aromatic carbocycles. The second-order valence-electron chi connectivity index (χ2n) is 14.8. The fourth-order valence-corrected chi connectivity index (χ4v) is 11.0. The van der Waals surface area contributed by atoms with Crippen LogP contribution in [0.3, 0.4) is 0 Å². The third-order valence-corrected chi connectivity index (χ3v) is 13.0. The SMILES string of the molecule is CC(C)CCCC(C)C1CCC2(C)C3C(=O)CC4C(C)(C)C(O)CCC45CC35CCC12C. The van der Waals surface area contributed by atoms with Crippen LogP contribution in [0, 0.1) is 56.7 Å². The Bertz CT molecular complexity index is 784. The summed E-state index contributed by atoms with van der Waals surface area (Å²) in [6.45, 7) is 16.9. The van der Waals surface area contributed by atoms with Gasteiger partial charge in [-0.05, 0) is 95.7 Å². The summed E-state index contributed by atoms with van der Waals surface area (Å²) < 4.78 is 0. The number of Topliss-reactive ketones (excluding diaryl/α,β-unsaturated/α-hetero) is 1. The monoisotopic (exact) mass is 442 g/mol. The van der Waals surface area contributed by atoms with Gasteiger partial charge in [0.1, 0.15) is 5.78 Å². The van der Waals surface area contributed by atoms with Crippen molar-refractivity contribution in [2.75, 3.05) is 0 Å². The molecule has 0 heterocycles. The summed E-state index contributed by atoms with van der Waals surface area (Å²) in [4.78, 5) is 14.0. The normalized spacial score (nSPS) is 52.1. The Morgan fingerprint density at radius 2 is 1.62 bits per heavy atom. The van der Waals surface area contributed by atoms with E-state index >= 15 is 0 Å². The molecule has 1 N–H and O–H groups in total. The molecule has 5 fully saturated rings. The summed E-state index contributed by atoms with van der Waals surface area (Å²) in [6, 6.07) is 0. The molecule has 5 saturated carbocycles. The molecule has 5 aliphatic rings. The molecule has 0 aromatic rings. The van der Waals surface area contributed by atoms with Crippen LogP contribution < -0.4 is 0 Å². The number of hydrogen-bond acceptors (Lipinski definition) is 2. The van der Waals surface area contributed by atoms with Gasteiger partial charge in [0.2, 0.25) is 0 Å². The lowest BCUT2D eigenvalue weighted by atomic mass is 9.41. The molecule has 0 saturated heterocycles. The van der Waals surface area contributed by atoms with Crippen LogP contribution in [0.2, 0.25) is 0 Å². The third kappa shape index (κ3) is 2.71. The van der Waals surface area contributed by atoms with Crippen molar-refractivity contribution in [3.63, 3.8) is 0 Å². The summed E-state index contributed by atoms with van der Waals surface area (Å²) in [5, 5.41) is 10.8. The molecule has 0 bridgehead atoms. The molecule has 2 spiro atoms. The van der Waals surface area contributed by atoms with Crippen molar-refractivity contribution in [3.05, 3.63) is 0 Å². The van der Waals surface area contributed by atoms with Crippen LogP contribution in [-0.2, 0) is 4.79 Å². The van der Waals surface area contributed by atoms with Gasteiger partial charge in [0.15, 0.2) is 0 Å². The van der Waals surface area contributed by atoms with Crippen molar-refractivity contribution in [1.29, 1.82) is 0 Å². The molecule has 0 aliphatic heterocycles. The van der Waals surface area contributed by atoms with Gasteiger partial charge in [-0.25, -0.2) is 0 Å². The largest absolute Gasteiger partial charge is 0.393 e. The molecule has 5 aliphatic carbocycles. The molecule has 182 valence electrons. The van der Waals surface area contributed by atoms with E-state index in [9.17, 15) is 9.90 Å². The number of carbonyl (C=O) groups excluding carboxylic acids is 1. The number of hydrogen-bond donors (Lipinski definition) is 1. The summed E-state index contributed by atoms with van der Waals surface area (Å²) in [7, 11) is 0. The minimum absolute atomic E-state index is 0.118. The van der Waals surface area contributed by atoms with E-state index in [1.807, 2.05) is 0 Å². The molecule has 0 amide bonds. The van der Waals surface area contributed by atoms with Crippen LogP contribution >= 0.6 is 0 Å². The zero-order valence-corrected chi connectivity index (χ0v) is 22.1. The molecule has 2 nitrogen and oxygen atoms in total. The van der Waals surface area contributed by atoms with E-state index in [2.05, 4.69) is 48.5 Å². The van der Waals surface area contributed by atoms with Gasteiger partial charge in [-0.3, -0.25) is 4.79 Å². The second kappa shape index (κ2) is 7.08. The lowest BCUT2D eigenvalue weighted by molar-refractivity contribution is -0.175. The molecule has 9 atom stereocenters. The molecule has 0 aromatic heterocycles. The summed E-state index contributed by atoms with van der Waals surface area (Å²) in [6.07, 6.45) is 13.1. The zero-order chi connectivity index (χ0) is 23.3. The van der Waals surface area contributed by atoms with Crippen molar-refractivity contribution in [2.45, 2.75) is 125 Å². The standard InChI is InChI=1S/C30H50O2/c1-19(2)9-8-10-20(3)21-11-13-28(7)25-22(31)17-23-26(4,5)24(32)12-14-29(23)18-30(25,29)16-15-27(21,28)6/h19-21,23-25,32H,8-18H2,1-7H3. The third-order valence-electron chi connectivity index (χ3n) is 13.0. The van der Waals surface area contributed by atoms with Crippen LogP contribution in [0.1, 0.15) is 119 Å². The Hall–Kier alpha value is -0.370. The highest BCUT2D eigenvalue weighted by Crippen LogP contribution is 2.88. The molecule has 5 rings (SSSR count). The molecular formula is C30H50O2. The minimum atomic E-state index is -0.243. The van der Waals surface area contributed by atoms with Gasteiger partial charge < -0.3 is 5.11 Å². The van der Waals surface area contributed by atoms with Gasteiger partial charge in [-0.1, -0.05) is 67.7 Å². The predicted molar refractivity (Wildman–Crippen MR) is 131 cm³/mol. The zero-order valence-electron chi connectivity index (χ0n) is 22.1. The molecule has 9 unspecified atom stereocenters. The highest BCUT2D eigenvalue weighted by Gasteiger charge is 2.84. The quantitative estimate of drug-likeness (QED) is 0.481. The Morgan fingerprint density at radius 3 is 2.31 bits per heavy atom. The van der Waals surface area contributed by atoms with E-state index < -0.39 is 0 Å². The fraction of sp³-hybridized carbons (Fsp3) is 0.967. The topological polar surface area (TPSA) is 37.3 Å². The van der Waals surface area contributed by atoms with E-state index in [0.29, 0.717) is 22.5 Å². The Balaban J connectivity index is 1.43. The fourth-order valence-electron chi connectivity index (χ4n) is 11.0. The Morgan fingerprint density at radius 1 is 0.906 bits per heavy atom. The first-order valence-electron chi connectivity index (χ1n) is 14.1. The highest BCUT2D eigenvalue weighted by atomic mass is 16.3. The average molecular weight is 443 g/mol. The number of aliphatic hydroxyl groups excluding tert-OH is 1. The van der Waals surface area contributed by atoms with E-state index in [1.165, 1.54) is 51.4 Å². The number of carbonyl (C=O) groups is 1. The van der Waals surface area contributed by atoms with Gasteiger partial charge in [-0.15, -0.1) is 0 Å². The van der Waals surface area contributed by atoms with Gasteiger partial charge in [0.25, 0.3) is 0 Å². The molecular weight excluding hydrogens is 392 g/mol. The lowest BCUT2D eigenvalue weighted by Crippen LogP contribution is -2.60. The van der Waals surface area contributed by atoms with E-state index in [0.717, 1.165) is 37.0 Å². The van der Waals surface area contributed by atoms with Gasteiger partial charge >= 0.3 is 0 Å². The maximum absolute atomic E-state index is 14.0. The highest BCUT2D eigenvalue weighted by molar-refractivity contribution is 5.86. The van der Waals surface area contributed by atoms with Crippen LogP contribution in [-0.4, -0.2) is 17.0 Å². The molecule has 2 heteroatoms. The minimum Gasteiger partial charge on any atom is -0.393 e. The van der Waals surface area contributed by atoms with Crippen molar-refractivity contribution < 1.29 is 9.90 Å². The molecule has 32 heavy (non-hydrogen) atoms. The van der Waals surface area contributed by atoms with Crippen LogP contribution in [0.15, 0.2) is 0 Å². The Kier molecular flexibility index (Phi) is 5.17. The van der Waals surface area contributed by atoms with Crippen molar-refractivity contribution >= 4 is 5.78 Å². The maximum Gasteiger partial charge on any atom is 0.137 e. The van der Waals surface area contributed by atoms with Crippen LogP contribution in [0.4, 0.5) is 0 Å². The number of ketones is 1. The van der Waals surface area contributed by atoms with Crippen molar-refractivity contribution in [3.8, 4) is 0 Å². The van der Waals surface area contributed by atoms with Crippen molar-refractivity contribution in [2.24, 2.45) is 56.7 Å². The van der Waals surface area contributed by atoms with Gasteiger partial charge in [0, 0.05) is 12.3 Å². The second-order valence-corrected chi connectivity index (χ2v) is 14.8. The first-order chi connectivity index (χ1) is 14.9. The van der Waals surface area contributed by atoms with Crippen LogP contribution in [0.25, 0.3) is 0 Å². The Labute approximate surface area is 197 Å². The van der Waals surface area contributed by atoms with Gasteiger partial charge in [-0.2, -0.15) is 0 Å².